The maximum absolute atomic E-state index is 13.0. The lowest BCUT2D eigenvalue weighted by Crippen LogP contribution is -2.53. The normalized spacial score (nSPS) is 17.7. The minimum absolute atomic E-state index is 0.0362. The molecule has 2 N–H and O–H groups in total. The van der Waals surface area contributed by atoms with Crippen molar-refractivity contribution in [1.82, 2.24) is 15.6 Å². The number of aromatic nitrogens is 1. The molecule has 1 aliphatic rings. The highest BCUT2D eigenvalue weighted by atomic mass is 32.1. The van der Waals surface area contributed by atoms with Gasteiger partial charge in [0, 0.05) is 23.0 Å². The van der Waals surface area contributed by atoms with Gasteiger partial charge < -0.3 is 15.4 Å². The Balaban J connectivity index is 1.32. The molecule has 1 saturated carbocycles. The van der Waals surface area contributed by atoms with Gasteiger partial charge in [0.15, 0.2) is 0 Å². The highest BCUT2D eigenvalue weighted by molar-refractivity contribution is 7.09. The SMILES string of the molecule is CC(C)c1ccc(OCc2nc(C(=O)N[C@H]3CCCC[C@H]3NC(=O)c3ccc(C(C)(C)C)cc3)cs2)cc1. The lowest BCUT2D eigenvalue weighted by molar-refractivity contribution is 0.0860. The van der Waals surface area contributed by atoms with Crippen LogP contribution in [0.2, 0.25) is 0 Å². The van der Waals surface area contributed by atoms with Crippen molar-refractivity contribution in [1.29, 1.82) is 0 Å². The van der Waals surface area contributed by atoms with Crippen LogP contribution in [0.1, 0.15) is 103 Å². The van der Waals surface area contributed by atoms with Crippen molar-refractivity contribution >= 4 is 23.2 Å². The van der Waals surface area contributed by atoms with E-state index >= 15 is 0 Å². The molecule has 202 valence electrons. The highest BCUT2D eigenvalue weighted by Crippen LogP contribution is 2.24. The Bertz CT molecular complexity index is 1230. The van der Waals surface area contributed by atoms with Crippen LogP contribution in [0, 0.1) is 0 Å². The Kier molecular flexibility index (Phi) is 8.87. The first-order valence-corrected chi connectivity index (χ1v) is 14.4. The molecule has 0 aliphatic heterocycles. The Morgan fingerprint density at radius 2 is 1.55 bits per heavy atom. The number of rotatable bonds is 8. The molecule has 4 rings (SSSR count). The van der Waals surface area contributed by atoms with Gasteiger partial charge in [0.05, 0.1) is 0 Å². The van der Waals surface area contributed by atoms with Crippen LogP contribution in [-0.2, 0) is 12.0 Å². The zero-order chi connectivity index (χ0) is 27.3. The predicted molar refractivity (Wildman–Crippen MR) is 153 cm³/mol. The second-order valence-electron chi connectivity index (χ2n) is 11.4. The molecule has 1 fully saturated rings. The van der Waals surface area contributed by atoms with Crippen LogP contribution in [0.4, 0.5) is 0 Å². The quantitative estimate of drug-likeness (QED) is 0.341. The van der Waals surface area contributed by atoms with Crippen molar-refractivity contribution in [3.05, 3.63) is 81.3 Å². The smallest absolute Gasteiger partial charge is 0.271 e. The van der Waals surface area contributed by atoms with Crippen LogP contribution >= 0.6 is 11.3 Å². The number of hydrogen-bond acceptors (Lipinski definition) is 5. The number of benzene rings is 2. The third-order valence-electron chi connectivity index (χ3n) is 7.11. The van der Waals surface area contributed by atoms with Gasteiger partial charge in [-0.25, -0.2) is 4.98 Å². The third kappa shape index (κ3) is 7.22. The number of carbonyl (C=O) groups excluding carboxylic acids is 2. The van der Waals surface area contributed by atoms with Crippen molar-refractivity contribution in [3.63, 3.8) is 0 Å². The fourth-order valence-corrected chi connectivity index (χ4v) is 5.35. The van der Waals surface area contributed by atoms with E-state index < -0.39 is 0 Å². The van der Waals surface area contributed by atoms with E-state index in [1.807, 2.05) is 36.4 Å². The molecule has 1 heterocycles. The number of ether oxygens (including phenoxy) is 1. The van der Waals surface area contributed by atoms with E-state index in [2.05, 4.69) is 62.4 Å². The molecule has 3 aromatic rings. The van der Waals surface area contributed by atoms with Crippen molar-refractivity contribution in [2.75, 3.05) is 0 Å². The monoisotopic (exact) mass is 533 g/mol. The van der Waals surface area contributed by atoms with E-state index in [9.17, 15) is 9.59 Å². The largest absolute Gasteiger partial charge is 0.486 e. The molecule has 6 nitrogen and oxygen atoms in total. The van der Waals surface area contributed by atoms with Gasteiger partial charge in [0.25, 0.3) is 11.8 Å². The average Bonchev–Trinajstić information content (AvgIpc) is 3.38. The van der Waals surface area contributed by atoms with Gasteiger partial charge in [-0.3, -0.25) is 9.59 Å². The van der Waals surface area contributed by atoms with Crippen molar-refractivity contribution in [3.8, 4) is 5.75 Å². The first kappa shape index (κ1) is 27.8. The van der Waals surface area contributed by atoms with Crippen molar-refractivity contribution in [2.24, 2.45) is 0 Å². The van der Waals surface area contributed by atoms with E-state index in [4.69, 9.17) is 4.74 Å². The maximum atomic E-state index is 13.0. The van der Waals surface area contributed by atoms with Crippen LogP contribution in [0.3, 0.4) is 0 Å². The first-order chi connectivity index (χ1) is 18.1. The van der Waals surface area contributed by atoms with E-state index in [1.54, 1.807) is 5.38 Å². The molecule has 1 aliphatic carbocycles. The number of hydrogen-bond donors (Lipinski definition) is 2. The molecule has 7 heteroatoms. The summed E-state index contributed by atoms with van der Waals surface area (Å²) in [6.45, 7) is 11.1. The summed E-state index contributed by atoms with van der Waals surface area (Å²) in [6.07, 6.45) is 3.70. The van der Waals surface area contributed by atoms with Crippen LogP contribution in [-0.4, -0.2) is 28.9 Å². The van der Waals surface area contributed by atoms with E-state index in [1.165, 1.54) is 22.5 Å². The van der Waals surface area contributed by atoms with Gasteiger partial charge in [0.2, 0.25) is 0 Å². The molecule has 1 aromatic heterocycles. The standard InChI is InChI=1S/C31H39N3O3S/c1-20(2)21-12-16-24(17-13-21)37-18-28-32-27(19-38-28)30(36)34-26-9-7-6-8-25(26)33-29(35)22-10-14-23(15-11-22)31(3,4)5/h10-17,19-20,25-26H,6-9,18H2,1-5H3,(H,33,35)(H,34,36)/t25-,26+/m1/s1. The van der Waals surface area contributed by atoms with Gasteiger partial charge in [0.1, 0.15) is 23.1 Å². The second kappa shape index (κ2) is 12.1. The fraction of sp³-hybridized carbons (Fsp3) is 0.452. The zero-order valence-electron chi connectivity index (χ0n) is 23.0. The number of carbonyl (C=O) groups is 2. The highest BCUT2D eigenvalue weighted by Gasteiger charge is 2.29. The molecule has 0 unspecified atom stereocenters. The minimum atomic E-state index is -0.213. The van der Waals surface area contributed by atoms with Gasteiger partial charge in [-0.2, -0.15) is 0 Å². The fourth-order valence-electron chi connectivity index (χ4n) is 4.67. The summed E-state index contributed by atoms with van der Waals surface area (Å²) in [5.74, 6) is 0.936. The molecule has 0 radical (unpaired) electrons. The summed E-state index contributed by atoms with van der Waals surface area (Å²) >= 11 is 1.41. The van der Waals surface area contributed by atoms with E-state index in [0.717, 1.165) is 36.4 Å². The van der Waals surface area contributed by atoms with Gasteiger partial charge in [-0.1, -0.05) is 71.7 Å². The third-order valence-corrected chi connectivity index (χ3v) is 7.93. The molecule has 2 atom stereocenters. The molecule has 0 saturated heterocycles. The minimum Gasteiger partial charge on any atom is -0.486 e. The van der Waals surface area contributed by atoms with Gasteiger partial charge in [-0.15, -0.1) is 11.3 Å². The maximum Gasteiger partial charge on any atom is 0.271 e. The number of nitrogens with zero attached hydrogens (tertiary/aromatic N) is 1. The topological polar surface area (TPSA) is 80.3 Å². The van der Waals surface area contributed by atoms with Crippen molar-refractivity contribution in [2.45, 2.75) is 90.3 Å². The lowest BCUT2D eigenvalue weighted by Gasteiger charge is -2.32. The van der Waals surface area contributed by atoms with Crippen molar-refractivity contribution < 1.29 is 14.3 Å². The number of amides is 2. The van der Waals surface area contributed by atoms with E-state index in [0.29, 0.717) is 23.8 Å². The Morgan fingerprint density at radius 3 is 2.13 bits per heavy atom. The molecule has 2 amide bonds. The van der Waals surface area contributed by atoms with Gasteiger partial charge >= 0.3 is 0 Å². The summed E-state index contributed by atoms with van der Waals surface area (Å²) in [4.78, 5) is 30.5. The van der Waals surface area contributed by atoms with E-state index in [-0.39, 0.29) is 29.3 Å². The average molecular weight is 534 g/mol. The second-order valence-corrected chi connectivity index (χ2v) is 12.4. The summed E-state index contributed by atoms with van der Waals surface area (Å²) in [7, 11) is 0. The zero-order valence-corrected chi connectivity index (χ0v) is 23.9. The summed E-state index contributed by atoms with van der Waals surface area (Å²) in [5, 5.41) is 8.80. The lowest BCUT2D eigenvalue weighted by atomic mass is 9.86. The number of thiazole rings is 1. The van der Waals surface area contributed by atoms with Gasteiger partial charge in [-0.05, 0) is 59.6 Å². The molecule has 38 heavy (non-hydrogen) atoms. The van der Waals surface area contributed by atoms with Crippen LogP contribution in [0.25, 0.3) is 0 Å². The predicted octanol–water partition coefficient (Wildman–Crippen LogP) is 6.61. The Hall–Kier alpha value is -3.19. The van der Waals surface area contributed by atoms with Crippen LogP contribution < -0.4 is 15.4 Å². The summed E-state index contributed by atoms with van der Waals surface area (Å²) in [6, 6.07) is 15.6. The first-order valence-electron chi connectivity index (χ1n) is 13.5. The summed E-state index contributed by atoms with van der Waals surface area (Å²) < 4.78 is 5.87. The molecular weight excluding hydrogens is 494 g/mol. The Morgan fingerprint density at radius 1 is 0.947 bits per heavy atom. The van der Waals surface area contributed by atoms with Crippen LogP contribution in [0.15, 0.2) is 53.9 Å². The number of nitrogens with one attached hydrogen (secondary N) is 2. The molecule has 0 bridgehead atoms. The molecule has 0 spiro atoms. The Labute approximate surface area is 230 Å². The summed E-state index contributed by atoms with van der Waals surface area (Å²) in [5.41, 5.74) is 3.51. The molecule has 2 aromatic carbocycles. The molecular formula is C31H39N3O3S. The van der Waals surface area contributed by atoms with Crippen LogP contribution in [0.5, 0.6) is 5.75 Å².